The third kappa shape index (κ3) is 3.82. The summed E-state index contributed by atoms with van der Waals surface area (Å²) in [6.07, 6.45) is 3.76. The van der Waals surface area contributed by atoms with Crippen LogP contribution in [0.2, 0.25) is 0 Å². The maximum absolute atomic E-state index is 13.4. The lowest BCUT2D eigenvalue weighted by Gasteiger charge is -2.37. The van der Waals surface area contributed by atoms with E-state index < -0.39 is 0 Å². The Hall–Kier alpha value is -2.93. The molecule has 1 aromatic heterocycles. The lowest BCUT2D eigenvalue weighted by Crippen LogP contribution is -2.50. The molecule has 2 aromatic rings. The Labute approximate surface area is 170 Å². The summed E-state index contributed by atoms with van der Waals surface area (Å²) in [4.78, 5) is 34.0. The van der Waals surface area contributed by atoms with Gasteiger partial charge in [0.15, 0.2) is 0 Å². The SMILES string of the molecule is COc1ccc(C)cc1N1CC(C(=O)N2CCNCC2c2cccnc2)CC1=O. The van der Waals surface area contributed by atoms with Crippen molar-refractivity contribution in [2.45, 2.75) is 19.4 Å². The summed E-state index contributed by atoms with van der Waals surface area (Å²) in [5.74, 6) is 0.278. The minimum Gasteiger partial charge on any atom is -0.495 e. The van der Waals surface area contributed by atoms with Crippen molar-refractivity contribution in [3.8, 4) is 5.75 Å². The van der Waals surface area contributed by atoms with Crippen molar-refractivity contribution < 1.29 is 14.3 Å². The second-order valence-electron chi connectivity index (χ2n) is 7.62. The van der Waals surface area contributed by atoms with Crippen LogP contribution in [0.25, 0.3) is 0 Å². The number of nitrogens with zero attached hydrogens (tertiary/aromatic N) is 3. The first-order valence-electron chi connectivity index (χ1n) is 9.94. The molecule has 1 aromatic carbocycles. The van der Waals surface area contributed by atoms with Crippen molar-refractivity contribution >= 4 is 17.5 Å². The zero-order chi connectivity index (χ0) is 20.4. The van der Waals surface area contributed by atoms with E-state index in [-0.39, 0.29) is 30.2 Å². The van der Waals surface area contributed by atoms with Gasteiger partial charge in [0.25, 0.3) is 0 Å². The van der Waals surface area contributed by atoms with Gasteiger partial charge >= 0.3 is 0 Å². The number of aromatic nitrogens is 1. The first-order chi connectivity index (χ1) is 14.1. The average molecular weight is 394 g/mol. The Balaban J connectivity index is 1.55. The molecule has 2 atom stereocenters. The van der Waals surface area contributed by atoms with Gasteiger partial charge in [-0.3, -0.25) is 14.6 Å². The minimum atomic E-state index is -0.356. The van der Waals surface area contributed by atoms with Gasteiger partial charge in [0.05, 0.1) is 24.8 Å². The van der Waals surface area contributed by atoms with Gasteiger partial charge in [-0.25, -0.2) is 0 Å². The number of carbonyl (C=O) groups excluding carboxylic acids is 2. The molecule has 0 radical (unpaired) electrons. The Morgan fingerprint density at radius 1 is 1.31 bits per heavy atom. The number of benzene rings is 1. The van der Waals surface area contributed by atoms with Crippen LogP contribution >= 0.6 is 0 Å². The van der Waals surface area contributed by atoms with E-state index in [9.17, 15) is 9.59 Å². The van der Waals surface area contributed by atoms with Crippen LogP contribution in [0.3, 0.4) is 0 Å². The summed E-state index contributed by atoms with van der Waals surface area (Å²) in [5, 5.41) is 3.36. The monoisotopic (exact) mass is 394 g/mol. The molecule has 0 spiro atoms. The molecule has 2 saturated heterocycles. The molecule has 2 aliphatic heterocycles. The number of ether oxygens (including phenoxy) is 1. The molecule has 0 aliphatic carbocycles. The number of carbonyl (C=O) groups is 2. The van der Waals surface area contributed by atoms with Crippen molar-refractivity contribution in [2.24, 2.45) is 5.92 Å². The Bertz CT molecular complexity index is 902. The molecule has 3 heterocycles. The molecule has 7 heteroatoms. The van der Waals surface area contributed by atoms with Crippen LogP contribution in [0.15, 0.2) is 42.7 Å². The number of anilines is 1. The van der Waals surface area contributed by atoms with E-state index in [1.807, 2.05) is 48.4 Å². The van der Waals surface area contributed by atoms with Gasteiger partial charge in [-0.15, -0.1) is 0 Å². The molecule has 29 heavy (non-hydrogen) atoms. The van der Waals surface area contributed by atoms with Crippen molar-refractivity contribution in [2.75, 3.05) is 38.2 Å². The molecule has 4 rings (SSSR count). The van der Waals surface area contributed by atoms with Gasteiger partial charge in [0, 0.05) is 45.0 Å². The second kappa shape index (κ2) is 8.21. The predicted molar refractivity (Wildman–Crippen MR) is 110 cm³/mol. The number of methoxy groups -OCH3 is 1. The third-order valence-corrected chi connectivity index (χ3v) is 5.70. The van der Waals surface area contributed by atoms with E-state index in [1.54, 1.807) is 18.2 Å². The summed E-state index contributed by atoms with van der Waals surface area (Å²) >= 11 is 0. The summed E-state index contributed by atoms with van der Waals surface area (Å²) in [6.45, 7) is 4.41. The maximum atomic E-state index is 13.4. The van der Waals surface area contributed by atoms with E-state index in [0.29, 0.717) is 25.4 Å². The van der Waals surface area contributed by atoms with Crippen molar-refractivity contribution in [1.82, 2.24) is 15.2 Å². The van der Waals surface area contributed by atoms with Gasteiger partial charge < -0.3 is 19.9 Å². The van der Waals surface area contributed by atoms with E-state index >= 15 is 0 Å². The number of amides is 2. The highest BCUT2D eigenvalue weighted by atomic mass is 16.5. The summed E-state index contributed by atoms with van der Waals surface area (Å²) in [6, 6.07) is 9.56. The fourth-order valence-electron chi connectivity index (χ4n) is 4.19. The number of hydrogen-bond acceptors (Lipinski definition) is 5. The van der Waals surface area contributed by atoms with Gasteiger partial charge in [-0.2, -0.15) is 0 Å². The van der Waals surface area contributed by atoms with Crippen LogP contribution in [0, 0.1) is 12.8 Å². The van der Waals surface area contributed by atoms with Crippen LogP contribution in [0.1, 0.15) is 23.6 Å². The minimum absolute atomic E-state index is 0.0304. The molecule has 2 unspecified atom stereocenters. The van der Waals surface area contributed by atoms with E-state index in [4.69, 9.17) is 4.74 Å². The highest BCUT2D eigenvalue weighted by Crippen LogP contribution is 2.35. The van der Waals surface area contributed by atoms with E-state index in [2.05, 4.69) is 10.3 Å². The standard InChI is InChI=1S/C22H26N4O3/c1-15-5-6-20(29-2)18(10-15)26-14-17(11-21(26)27)22(28)25-9-8-24-13-19(25)16-4-3-7-23-12-16/h3-7,10,12,17,19,24H,8-9,11,13-14H2,1-2H3. The van der Waals surface area contributed by atoms with Crippen LogP contribution in [-0.2, 0) is 9.59 Å². The lowest BCUT2D eigenvalue weighted by molar-refractivity contribution is -0.139. The number of rotatable bonds is 4. The van der Waals surface area contributed by atoms with Gasteiger partial charge in [-0.05, 0) is 36.2 Å². The summed E-state index contributed by atoms with van der Waals surface area (Å²) in [5.41, 5.74) is 2.79. The number of pyridine rings is 1. The normalized spacial score (nSPS) is 22.1. The summed E-state index contributed by atoms with van der Waals surface area (Å²) in [7, 11) is 1.59. The van der Waals surface area contributed by atoms with Crippen LogP contribution in [0.4, 0.5) is 5.69 Å². The van der Waals surface area contributed by atoms with E-state index in [0.717, 1.165) is 23.4 Å². The molecule has 0 bridgehead atoms. The summed E-state index contributed by atoms with van der Waals surface area (Å²) < 4.78 is 5.44. The fraction of sp³-hybridized carbons (Fsp3) is 0.409. The first-order valence-corrected chi connectivity index (χ1v) is 9.94. The van der Waals surface area contributed by atoms with Crippen molar-refractivity contribution in [3.63, 3.8) is 0 Å². The highest BCUT2D eigenvalue weighted by molar-refractivity contribution is 6.01. The van der Waals surface area contributed by atoms with Crippen LogP contribution in [0.5, 0.6) is 5.75 Å². The number of nitrogens with one attached hydrogen (secondary N) is 1. The smallest absolute Gasteiger partial charge is 0.228 e. The number of piperazine rings is 1. The largest absolute Gasteiger partial charge is 0.495 e. The molecule has 0 saturated carbocycles. The van der Waals surface area contributed by atoms with Crippen molar-refractivity contribution in [1.29, 1.82) is 0 Å². The Morgan fingerprint density at radius 3 is 2.93 bits per heavy atom. The van der Waals surface area contributed by atoms with Gasteiger partial charge in [0.2, 0.25) is 11.8 Å². The molecule has 152 valence electrons. The highest BCUT2D eigenvalue weighted by Gasteiger charge is 2.40. The lowest BCUT2D eigenvalue weighted by atomic mass is 10.0. The Morgan fingerprint density at radius 2 is 2.17 bits per heavy atom. The van der Waals surface area contributed by atoms with Gasteiger partial charge in [0.1, 0.15) is 5.75 Å². The fourth-order valence-corrected chi connectivity index (χ4v) is 4.19. The second-order valence-corrected chi connectivity index (χ2v) is 7.62. The van der Waals surface area contributed by atoms with Crippen LogP contribution < -0.4 is 15.0 Å². The molecule has 1 N–H and O–H groups in total. The maximum Gasteiger partial charge on any atom is 0.228 e. The molecule has 2 aliphatic rings. The molecule has 2 fully saturated rings. The first kappa shape index (κ1) is 19.4. The van der Waals surface area contributed by atoms with E-state index in [1.165, 1.54) is 0 Å². The number of hydrogen-bond donors (Lipinski definition) is 1. The quantitative estimate of drug-likeness (QED) is 0.858. The third-order valence-electron chi connectivity index (χ3n) is 5.70. The molecule has 2 amide bonds. The van der Waals surface area contributed by atoms with Gasteiger partial charge in [-0.1, -0.05) is 12.1 Å². The average Bonchev–Trinajstić information content (AvgIpc) is 3.15. The van der Waals surface area contributed by atoms with Crippen molar-refractivity contribution in [3.05, 3.63) is 53.9 Å². The zero-order valence-corrected chi connectivity index (χ0v) is 16.8. The molecular weight excluding hydrogens is 368 g/mol. The topological polar surface area (TPSA) is 74.8 Å². The Kier molecular flexibility index (Phi) is 5.49. The predicted octanol–water partition coefficient (Wildman–Crippen LogP) is 1.92. The molecule has 7 nitrogen and oxygen atoms in total. The number of aryl methyl sites for hydroxylation is 1. The molecular formula is C22H26N4O3. The van der Waals surface area contributed by atoms with Crippen LogP contribution in [-0.4, -0.2) is 55.0 Å². The zero-order valence-electron chi connectivity index (χ0n) is 16.8.